The number of alkyl halides is 2. The summed E-state index contributed by atoms with van der Waals surface area (Å²) in [5.41, 5.74) is 5.79. The van der Waals surface area contributed by atoms with E-state index in [-0.39, 0.29) is 5.91 Å². The molecule has 0 spiro atoms. The fraction of sp³-hybridized carbons (Fsp3) is 0.917. The molecule has 100 valence electrons. The van der Waals surface area contributed by atoms with Crippen LogP contribution in [0.15, 0.2) is 0 Å². The van der Waals surface area contributed by atoms with Crippen LogP contribution in [0.25, 0.3) is 0 Å². The molecule has 1 rings (SSSR count). The fourth-order valence-corrected chi connectivity index (χ4v) is 2.46. The number of carbonyl (C=O) groups is 1. The second-order valence-electron chi connectivity index (χ2n) is 4.96. The molecule has 0 aromatic heterocycles. The summed E-state index contributed by atoms with van der Waals surface area (Å²) in [5, 5.41) is 0. The van der Waals surface area contributed by atoms with Crippen molar-refractivity contribution in [3.8, 4) is 0 Å². The molecule has 1 unspecified atom stereocenters. The van der Waals surface area contributed by atoms with Gasteiger partial charge in [-0.3, -0.25) is 4.79 Å². The molecule has 1 amide bonds. The first-order valence-corrected chi connectivity index (χ1v) is 6.29. The standard InChI is InChI=1S/C12H22F2N2O/c1-16(8-11(13)14)12(17)10(15)7-9-5-3-2-4-6-9/h9-11H,2-8,15H2,1H3. The fourth-order valence-electron chi connectivity index (χ4n) is 2.46. The maximum absolute atomic E-state index is 12.1. The third kappa shape index (κ3) is 4.98. The maximum atomic E-state index is 12.1. The number of hydrogen-bond acceptors (Lipinski definition) is 2. The molecular formula is C12H22F2N2O. The zero-order chi connectivity index (χ0) is 12.8. The Hall–Kier alpha value is -0.710. The molecule has 0 radical (unpaired) electrons. The molecule has 1 atom stereocenters. The highest BCUT2D eigenvalue weighted by Crippen LogP contribution is 2.27. The lowest BCUT2D eigenvalue weighted by Crippen LogP contribution is -2.44. The second kappa shape index (κ2) is 6.89. The summed E-state index contributed by atoms with van der Waals surface area (Å²) in [7, 11) is 1.38. The molecule has 5 heteroatoms. The summed E-state index contributed by atoms with van der Waals surface area (Å²) in [6.07, 6.45) is 4.00. The van der Waals surface area contributed by atoms with E-state index in [4.69, 9.17) is 5.73 Å². The lowest BCUT2D eigenvalue weighted by Gasteiger charge is -2.26. The molecule has 0 aromatic carbocycles. The van der Waals surface area contributed by atoms with Crippen LogP contribution in [0.4, 0.5) is 8.78 Å². The number of hydrogen-bond donors (Lipinski definition) is 1. The van der Waals surface area contributed by atoms with Crippen LogP contribution in [0.2, 0.25) is 0 Å². The van der Waals surface area contributed by atoms with Gasteiger partial charge in [-0.15, -0.1) is 0 Å². The van der Waals surface area contributed by atoms with Gasteiger partial charge < -0.3 is 10.6 Å². The van der Waals surface area contributed by atoms with Crippen LogP contribution in [0.5, 0.6) is 0 Å². The Morgan fingerprint density at radius 2 is 1.94 bits per heavy atom. The first kappa shape index (κ1) is 14.4. The van der Waals surface area contributed by atoms with Crippen LogP contribution >= 0.6 is 0 Å². The third-order valence-corrected chi connectivity index (χ3v) is 3.42. The molecule has 1 aliphatic carbocycles. The van der Waals surface area contributed by atoms with Gasteiger partial charge in [0.05, 0.1) is 12.6 Å². The smallest absolute Gasteiger partial charge is 0.255 e. The van der Waals surface area contributed by atoms with Crippen molar-refractivity contribution in [3.05, 3.63) is 0 Å². The second-order valence-corrected chi connectivity index (χ2v) is 4.96. The molecule has 17 heavy (non-hydrogen) atoms. The van der Waals surface area contributed by atoms with Crippen molar-refractivity contribution in [1.29, 1.82) is 0 Å². The average molecular weight is 248 g/mol. The Kier molecular flexibility index (Phi) is 5.82. The van der Waals surface area contributed by atoms with Crippen LogP contribution in [0, 0.1) is 5.92 Å². The molecule has 0 aliphatic heterocycles. The number of rotatable bonds is 5. The molecule has 3 nitrogen and oxygen atoms in total. The molecule has 2 N–H and O–H groups in total. The summed E-state index contributed by atoms with van der Waals surface area (Å²) in [4.78, 5) is 12.8. The Bertz CT molecular complexity index is 243. The number of carbonyl (C=O) groups excluding carboxylic acids is 1. The number of likely N-dealkylation sites (N-methyl/N-ethyl adjacent to an activating group) is 1. The third-order valence-electron chi connectivity index (χ3n) is 3.42. The highest BCUT2D eigenvalue weighted by molar-refractivity contribution is 5.81. The lowest BCUT2D eigenvalue weighted by atomic mass is 9.85. The van der Waals surface area contributed by atoms with Crippen molar-refractivity contribution < 1.29 is 13.6 Å². The van der Waals surface area contributed by atoms with Crippen molar-refractivity contribution in [1.82, 2.24) is 4.90 Å². The van der Waals surface area contributed by atoms with Crippen LogP contribution in [0.1, 0.15) is 38.5 Å². The molecule has 1 aliphatic rings. The Labute approximate surface area is 101 Å². The van der Waals surface area contributed by atoms with E-state index in [1.165, 1.54) is 26.3 Å². The quantitative estimate of drug-likeness (QED) is 0.809. The van der Waals surface area contributed by atoms with Gasteiger partial charge in [0, 0.05) is 7.05 Å². The average Bonchev–Trinajstić information content (AvgIpc) is 2.28. The van der Waals surface area contributed by atoms with Gasteiger partial charge in [-0.2, -0.15) is 0 Å². The maximum Gasteiger partial charge on any atom is 0.255 e. The first-order chi connectivity index (χ1) is 8.00. The molecule has 1 saturated carbocycles. The zero-order valence-electron chi connectivity index (χ0n) is 10.4. The first-order valence-electron chi connectivity index (χ1n) is 6.29. The Morgan fingerprint density at radius 1 is 1.35 bits per heavy atom. The SMILES string of the molecule is CN(CC(F)F)C(=O)C(N)CC1CCCCC1. The topological polar surface area (TPSA) is 46.3 Å². The van der Waals surface area contributed by atoms with Crippen LogP contribution in [-0.4, -0.2) is 36.9 Å². The summed E-state index contributed by atoms with van der Waals surface area (Å²) in [6.45, 7) is -0.531. The molecule has 0 aromatic rings. The molecule has 0 bridgehead atoms. The molecular weight excluding hydrogens is 226 g/mol. The minimum Gasteiger partial charge on any atom is -0.339 e. The predicted octanol–water partition coefficient (Wildman–Crippen LogP) is 2.01. The van der Waals surface area contributed by atoms with E-state index in [1.54, 1.807) is 0 Å². The van der Waals surface area contributed by atoms with E-state index < -0.39 is 19.0 Å². The molecule has 1 fully saturated rings. The zero-order valence-corrected chi connectivity index (χ0v) is 10.4. The summed E-state index contributed by atoms with van der Waals surface area (Å²) < 4.78 is 24.3. The predicted molar refractivity (Wildman–Crippen MR) is 62.8 cm³/mol. The van der Waals surface area contributed by atoms with Gasteiger partial charge in [-0.05, 0) is 12.3 Å². The van der Waals surface area contributed by atoms with E-state index in [9.17, 15) is 13.6 Å². The Morgan fingerprint density at radius 3 is 2.47 bits per heavy atom. The van der Waals surface area contributed by atoms with E-state index in [1.807, 2.05) is 0 Å². The summed E-state index contributed by atoms with van der Waals surface area (Å²) in [6, 6.07) is -0.623. The van der Waals surface area contributed by atoms with E-state index in [2.05, 4.69) is 0 Å². The van der Waals surface area contributed by atoms with Crippen molar-refractivity contribution in [2.24, 2.45) is 11.7 Å². The van der Waals surface area contributed by atoms with Crippen LogP contribution in [-0.2, 0) is 4.79 Å². The highest BCUT2D eigenvalue weighted by Gasteiger charge is 2.24. The van der Waals surface area contributed by atoms with Gasteiger partial charge in [0.15, 0.2) is 0 Å². The monoisotopic (exact) mass is 248 g/mol. The van der Waals surface area contributed by atoms with Gasteiger partial charge >= 0.3 is 0 Å². The number of halogens is 2. The van der Waals surface area contributed by atoms with Gasteiger partial charge in [0.1, 0.15) is 0 Å². The van der Waals surface area contributed by atoms with E-state index in [0.29, 0.717) is 12.3 Å². The van der Waals surface area contributed by atoms with E-state index in [0.717, 1.165) is 17.7 Å². The van der Waals surface area contributed by atoms with Gasteiger partial charge in [0.25, 0.3) is 6.43 Å². The lowest BCUT2D eigenvalue weighted by molar-refractivity contribution is -0.133. The Balaban J connectivity index is 2.34. The van der Waals surface area contributed by atoms with Crippen molar-refractivity contribution >= 4 is 5.91 Å². The summed E-state index contributed by atoms with van der Waals surface area (Å²) >= 11 is 0. The van der Waals surface area contributed by atoms with Crippen molar-refractivity contribution in [2.75, 3.05) is 13.6 Å². The molecule has 0 saturated heterocycles. The highest BCUT2D eigenvalue weighted by atomic mass is 19.3. The van der Waals surface area contributed by atoms with Crippen LogP contribution in [0.3, 0.4) is 0 Å². The largest absolute Gasteiger partial charge is 0.339 e. The minimum absolute atomic E-state index is 0.365. The number of nitrogens with zero attached hydrogens (tertiary/aromatic N) is 1. The van der Waals surface area contributed by atoms with Crippen molar-refractivity contribution in [2.45, 2.75) is 51.0 Å². The minimum atomic E-state index is -2.49. The summed E-state index contributed by atoms with van der Waals surface area (Å²) in [5.74, 6) is 0.124. The normalized spacial score (nSPS) is 19.4. The molecule has 0 heterocycles. The van der Waals surface area contributed by atoms with Crippen LogP contribution < -0.4 is 5.73 Å². The van der Waals surface area contributed by atoms with E-state index >= 15 is 0 Å². The number of nitrogens with two attached hydrogens (primary N) is 1. The van der Waals surface area contributed by atoms with Gasteiger partial charge in [-0.1, -0.05) is 32.1 Å². The number of amides is 1. The van der Waals surface area contributed by atoms with Crippen molar-refractivity contribution in [3.63, 3.8) is 0 Å². The van der Waals surface area contributed by atoms with Gasteiger partial charge in [0.2, 0.25) is 5.91 Å². The van der Waals surface area contributed by atoms with Gasteiger partial charge in [-0.25, -0.2) is 8.78 Å².